The first kappa shape index (κ1) is 21.2. The Hall–Kier alpha value is -3.47. The lowest BCUT2D eigenvalue weighted by Crippen LogP contribution is -2.28. The number of Topliss-reactive ketones (excluding diaryl/α,β-unsaturated/α-hetero) is 2. The summed E-state index contributed by atoms with van der Waals surface area (Å²) in [6, 6.07) is 18.7. The van der Waals surface area contributed by atoms with Crippen molar-refractivity contribution in [3.05, 3.63) is 94.3 Å². The van der Waals surface area contributed by atoms with E-state index in [1.807, 2.05) is 60.7 Å². The summed E-state index contributed by atoms with van der Waals surface area (Å²) < 4.78 is 5.61. The third-order valence-corrected chi connectivity index (χ3v) is 5.20. The molecule has 0 bridgehead atoms. The summed E-state index contributed by atoms with van der Waals surface area (Å²) in [4.78, 5) is 40.9. The fourth-order valence-electron chi connectivity index (χ4n) is 3.78. The number of nitrogens with one attached hydrogen (secondary N) is 1. The normalized spacial score (nSPS) is 11.9. The summed E-state index contributed by atoms with van der Waals surface area (Å²) >= 11 is 0. The van der Waals surface area contributed by atoms with Crippen LogP contribution in [0.5, 0.6) is 0 Å². The minimum Gasteiger partial charge on any atom is -0.453 e. The minimum atomic E-state index is -0.996. The van der Waals surface area contributed by atoms with Gasteiger partial charge in [-0.25, -0.2) is 0 Å². The molecule has 0 saturated carbocycles. The van der Waals surface area contributed by atoms with Crippen LogP contribution in [0.15, 0.2) is 60.7 Å². The molecule has 0 spiro atoms. The average Bonchev–Trinajstić information content (AvgIpc) is 3.03. The van der Waals surface area contributed by atoms with Gasteiger partial charge in [-0.3, -0.25) is 14.4 Å². The molecule has 0 aliphatic carbocycles. The van der Waals surface area contributed by atoms with E-state index in [2.05, 4.69) is 4.98 Å². The van der Waals surface area contributed by atoms with Gasteiger partial charge in [0.2, 0.25) is 5.78 Å². The van der Waals surface area contributed by atoms with E-state index in [-0.39, 0.29) is 11.6 Å². The number of hydrogen-bond donors (Lipinski definition) is 1. The topological polar surface area (TPSA) is 76.2 Å². The lowest BCUT2D eigenvalue weighted by atomic mass is 9.91. The molecule has 3 rings (SSSR count). The van der Waals surface area contributed by atoms with Gasteiger partial charge < -0.3 is 9.72 Å². The SMILES string of the molecule is CC(=O)c1c(C)[nH]c(C(=O)[C@H](C)OC(=O)C(c2ccccc2)c2ccccc2)c1C. The summed E-state index contributed by atoms with van der Waals surface area (Å²) in [5.74, 6) is -1.61. The number of carbonyl (C=O) groups is 3. The van der Waals surface area contributed by atoms with Crippen molar-refractivity contribution < 1.29 is 19.1 Å². The summed E-state index contributed by atoms with van der Waals surface area (Å²) in [7, 11) is 0. The Morgan fingerprint density at radius 2 is 1.37 bits per heavy atom. The summed E-state index contributed by atoms with van der Waals surface area (Å²) in [5.41, 5.74) is 3.60. The second kappa shape index (κ2) is 8.91. The van der Waals surface area contributed by atoms with Gasteiger partial charge in [0.25, 0.3) is 0 Å². The average molecular weight is 403 g/mol. The van der Waals surface area contributed by atoms with Crippen molar-refractivity contribution in [3.8, 4) is 0 Å². The minimum absolute atomic E-state index is 0.113. The zero-order chi connectivity index (χ0) is 21.8. The lowest BCUT2D eigenvalue weighted by molar-refractivity contribution is -0.147. The highest BCUT2D eigenvalue weighted by Crippen LogP contribution is 2.27. The van der Waals surface area contributed by atoms with Crippen molar-refractivity contribution in [3.63, 3.8) is 0 Å². The molecule has 1 aromatic heterocycles. The molecule has 1 atom stereocenters. The van der Waals surface area contributed by atoms with Crippen LogP contribution in [0.1, 0.15) is 63.0 Å². The van der Waals surface area contributed by atoms with Crippen LogP contribution in [0.2, 0.25) is 0 Å². The molecule has 1 N–H and O–H groups in total. The molecular weight excluding hydrogens is 378 g/mol. The van der Waals surface area contributed by atoms with Gasteiger partial charge in [-0.1, -0.05) is 60.7 Å². The van der Waals surface area contributed by atoms with Crippen LogP contribution in [0.3, 0.4) is 0 Å². The van der Waals surface area contributed by atoms with E-state index >= 15 is 0 Å². The molecular formula is C25H25NO4. The Kier molecular flexibility index (Phi) is 6.31. The third kappa shape index (κ3) is 4.25. The highest BCUT2D eigenvalue weighted by Gasteiger charge is 2.30. The Balaban J connectivity index is 1.87. The monoisotopic (exact) mass is 403 g/mol. The second-order valence-corrected chi connectivity index (χ2v) is 7.38. The Morgan fingerprint density at radius 1 is 0.867 bits per heavy atom. The van der Waals surface area contributed by atoms with Gasteiger partial charge >= 0.3 is 5.97 Å². The van der Waals surface area contributed by atoms with Crippen molar-refractivity contribution in [1.82, 2.24) is 4.98 Å². The van der Waals surface area contributed by atoms with Crippen LogP contribution in [0, 0.1) is 13.8 Å². The number of benzene rings is 2. The van der Waals surface area contributed by atoms with Crippen LogP contribution >= 0.6 is 0 Å². The lowest BCUT2D eigenvalue weighted by Gasteiger charge is -2.20. The fourth-order valence-corrected chi connectivity index (χ4v) is 3.78. The number of ether oxygens (including phenoxy) is 1. The maximum atomic E-state index is 13.1. The maximum Gasteiger partial charge on any atom is 0.318 e. The second-order valence-electron chi connectivity index (χ2n) is 7.38. The molecule has 5 nitrogen and oxygen atoms in total. The summed E-state index contributed by atoms with van der Waals surface area (Å²) in [5, 5.41) is 0. The van der Waals surface area contributed by atoms with Crippen molar-refractivity contribution in [2.45, 2.75) is 39.7 Å². The predicted molar refractivity (Wildman–Crippen MR) is 115 cm³/mol. The van der Waals surface area contributed by atoms with Crippen molar-refractivity contribution in [1.29, 1.82) is 0 Å². The van der Waals surface area contributed by atoms with Gasteiger partial charge in [-0.15, -0.1) is 0 Å². The Bertz CT molecular complexity index is 1030. The quantitative estimate of drug-likeness (QED) is 0.455. The third-order valence-electron chi connectivity index (χ3n) is 5.20. The number of aryl methyl sites for hydroxylation is 1. The van der Waals surface area contributed by atoms with Crippen molar-refractivity contribution >= 4 is 17.5 Å². The fraction of sp³-hybridized carbons (Fsp3) is 0.240. The van der Waals surface area contributed by atoms with E-state index in [0.717, 1.165) is 11.1 Å². The van der Waals surface area contributed by atoms with Gasteiger partial charge in [-0.05, 0) is 44.4 Å². The van der Waals surface area contributed by atoms with Crippen LogP contribution < -0.4 is 0 Å². The molecule has 0 fully saturated rings. The molecule has 3 aromatic rings. The highest BCUT2D eigenvalue weighted by atomic mass is 16.5. The van der Waals surface area contributed by atoms with Crippen LogP contribution in [0.4, 0.5) is 0 Å². The molecule has 0 amide bonds. The highest BCUT2D eigenvalue weighted by molar-refractivity contribution is 6.05. The van der Waals surface area contributed by atoms with E-state index in [4.69, 9.17) is 4.74 Å². The van der Waals surface area contributed by atoms with Gasteiger partial charge in [0.15, 0.2) is 11.9 Å². The maximum absolute atomic E-state index is 13.1. The number of carbonyl (C=O) groups excluding carboxylic acids is 3. The summed E-state index contributed by atoms with van der Waals surface area (Å²) in [6.07, 6.45) is -0.996. The van der Waals surface area contributed by atoms with Gasteiger partial charge in [0.1, 0.15) is 5.92 Å². The van der Waals surface area contributed by atoms with E-state index in [1.165, 1.54) is 6.92 Å². The molecule has 0 radical (unpaired) electrons. The summed E-state index contributed by atoms with van der Waals surface area (Å²) in [6.45, 7) is 6.48. The first-order valence-corrected chi connectivity index (χ1v) is 9.86. The molecule has 0 saturated heterocycles. The zero-order valence-corrected chi connectivity index (χ0v) is 17.6. The Labute approximate surface area is 176 Å². The van der Waals surface area contributed by atoms with Gasteiger partial charge in [-0.2, -0.15) is 0 Å². The van der Waals surface area contributed by atoms with Crippen LogP contribution in [-0.2, 0) is 9.53 Å². The number of esters is 1. The van der Waals surface area contributed by atoms with Crippen molar-refractivity contribution in [2.75, 3.05) is 0 Å². The van der Waals surface area contributed by atoms with Gasteiger partial charge in [0.05, 0.1) is 5.69 Å². The number of aromatic nitrogens is 1. The van der Waals surface area contributed by atoms with Crippen LogP contribution in [-0.4, -0.2) is 28.6 Å². The van der Waals surface area contributed by atoms with E-state index in [0.29, 0.717) is 22.5 Å². The molecule has 0 unspecified atom stereocenters. The van der Waals surface area contributed by atoms with Crippen LogP contribution in [0.25, 0.3) is 0 Å². The number of ketones is 2. The molecule has 5 heteroatoms. The standard InChI is InChI=1S/C25H25NO4/c1-15-21(17(3)27)16(2)26-23(15)24(28)18(4)30-25(29)22(19-11-7-5-8-12-19)20-13-9-6-10-14-20/h5-14,18,22,26H,1-4H3/t18-/m0/s1. The number of rotatable bonds is 7. The smallest absolute Gasteiger partial charge is 0.318 e. The zero-order valence-electron chi connectivity index (χ0n) is 17.6. The van der Waals surface area contributed by atoms with Gasteiger partial charge in [0, 0.05) is 11.3 Å². The molecule has 1 heterocycles. The molecule has 0 aliphatic rings. The molecule has 0 aliphatic heterocycles. The number of aromatic amines is 1. The van der Waals surface area contributed by atoms with E-state index in [1.54, 1.807) is 20.8 Å². The largest absolute Gasteiger partial charge is 0.453 e. The molecule has 30 heavy (non-hydrogen) atoms. The van der Waals surface area contributed by atoms with E-state index < -0.39 is 18.0 Å². The molecule has 2 aromatic carbocycles. The number of H-pyrrole nitrogens is 1. The first-order valence-electron chi connectivity index (χ1n) is 9.86. The van der Waals surface area contributed by atoms with E-state index in [9.17, 15) is 14.4 Å². The predicted octanol–water partition coefficient (Wildman–Crippen LogP) is 4.78. The van der Waals surface area contributed by atoms with Crippen molar-refractivity contribution in [2.24, 2.45) is 0 Å². The first-order chi connectivity index (χ1) is 14.3. The number of hydrogen-bond acceptors (Lipinski definition) is 4. The molecule has 154 valence electrons. The Morgan fingerprint density at radius 3 is 1.80 bits per heavy atom.